The van der Waals surface area contributed by atoms with Gasteiger partial charge in [-0.05, 0) is 59.9 Å². The molecule has 0 aliphatic heterocycles. The predicted octanol–water partition coefficient (Wildman–Crippen LogP) is 8.19. The summed E-state index contributed by atoms with van der Waals surface area (Å²) in [4.78, 5) is 0. The lowest BCUT2D eigenvalue weighted by molar-refractivity contribution is 0.566. The molecule has 0 aromatic heterocycles. The minimum atomic E-state index is -0.201. The second kappa shape index (κ2) is 9.16. The molecule has 154 valence electrons. The molecule has 1 aliphatic carbocycles. The third kappa shape index (κ3) is 3.81. The fourth-order valence-electron chi connectivity index (χ4n) is 4.96. The van der Waals surface area contributed by atoms with Crippen LogP contribution in [0.2, 0.25) is 0 Å². The molecular weight excluding hydrogens is 384 g/mol. The summed E-state index contributed by atoms with van der Waals surface area (Å²) in [5, 5.41) is 0. The van der Waals surface area contributed by atoms with Crippen LogP contribution in [0, 0.1) is 0 Å². The van der Waals surface area contributed by atoms with Crippen molar-refractivity contribution in [2.45, 2.75) is 18.3 Å². The number of allylic oxidation sites excluding steroid dienone is 3. The Morgan fingerprint density at radius 3 is 1.62 bits per heavy atom. The first-order valence-electron chi connectivity index (χ1n) is 11.4. The molecule has 0 spiro atoms. The summed E-state index contributed by atoms with van der Waals surface area (Å²) in [6.07, 6.45) is 8.86. The van der Waals surface area contributed by atoms with Crippen molar-refractivity contribution in [3.8, 4) is 0 Å². The fourth-order valence-corrected chi connectivity index (χ4v) is 4.96. The molecule has 0 bridgehead atoms. The van der Waals surface area contributed by atoms with Crippen molar-refractivity contribution >= 4 is 11.6 Å². The Balaban J connectivity index is 1.59. The van der Waals surface area contributed by atoms with Crippen LogP contribution in [-0.4, -0.2) is 0 Å². The molecule has 0 heterocycles. The summed E-state index contributed by atoms with van der Waals surface area (Å²) in [5.41, 5.74) is 7.74. The van der Waals surface area contributed by atoms with E-state index >= 15 is 0 Å². The van der Waals surface area contributed by atoms with Crippen molar-refractivity contribution in [2.75, 3.05) is 0 Å². The maximum absolute atomic E-state index is 2.41. The van der Waals surface area contributed by atoms with Crippen LogP contribution in [0.1, 0.15) is 40.7 Å². The van der Waals surface area contributed by atoms with Crippen LogP contribution in [-0.2, 0) is 5.41 Å². The average molecular weight is 412 g/mol. The highest BCUT2D eigenvalue weighted by atomic mass is 14.4. The zero-order chi connectivity index (χ0) is 21.6. The quantitative estimate of drug-likeness (QED) is 0.222. The molecule has 0 atom stereocenters. The molecule has 0 amide bonds. The Bertz CT molecular complexity index is 1140. The zero-order valence-electron chi connectivity index (χ0n) is 18.2. The minimum Gasteiger partial charge on any atom is -0.0622 e. The molecule has 1 aliphatic rings. The maximum Gasteiger partial charge on any atom is 0.0709 e. The van der Waals surface area contributed by atoms with Gasteiger partial charge in [0.2, 0.25) is 0 Å². The molecule has 4 aromatic rings. The lowest BCUT2D eigenvalue weighted by Crippen LogP contribution is -2.29. The van der Waals surface area contributed by atoms with Gasteiger partial charge in [0.25, 0.3) is 0 Å². The van der Waals surface area contributed by atoms with E-state index in [1.165, 1.54) is 33.4 Å². The monoisotopic (exact) mass is 411 g/mol. The van der Waals surface area contributed by atoms with E-state index in [1.54, 1.807) is 0 Å². The van der Waals surface area contributed by atoms with Gasteiger partial charge in [0.1, 0.15) is 0 Å². The van der Waals surface area contributed by atoms with Gasteiger partial charge in [-0.3, -0.25) is 0 Å². The van der Waals surface area contributed by atoms with Gasteiger partial charge in [-0.2, -0.15) is 0 Å². The van der Waals surface area contributed by atoms with Crippen LogP contribution in [0.15, 0.2) is 133 Å². The number of hydrogen-bond acceptors (Lipinski definition) is 0. The van der Waals surface area contributed by atoms with Crippen molar-refractivity contribution in [3.05, 3.63) is 161 Å². The molecule has 4 aromatic carbocycles. The first-order valence-corrected chi connectivity index (χ1v) is 11.4. The van der Waals surface area contributed by atoms with Gasteiger partial charge >= 0.3 is 0 Å². The van der Waals surface area contributed by atoms with Gasteiger partial charge in [0.05, 0.1) is 16.7 Å². The highest BCUT2D eigenvalue weighted by Gasteiger charge is 2.35. The van der Waals surface area contributed by atoms with Crippen molar-refractivity contribution in [1.82, 2.24) is 0 Å². The molecule has 0 heteroatoms. The van der Waals surface area contributed by atoms with Crippen LogP contribution in [0.3, 0.4) is 0 Å². The molecule has 0 unspecified atom stereocenters. The van der Waals surface area contributed by atoms with E-state index in [-0.39, 0.29) is 5.41 Å². The van der Waals surface area contributed by atoms with Gasteiger partial charge in [-0.1, -0.05) is 91.0 Å². The second-order valence-corrected chi connectivity index (χ2v) is 8.31. The Kier molecular flexibility index (Phi) is 5.77. The molecule has 32 heavy (non-hydrogen) atoms. The Morgan fingerprint density at radius 2 is 1.06 bits per heavy atom. The Hall–Kier alpha value is -3.77. The molecule has 0 saturated heterocycles. The van der Waals surface area contributed by atoms with Crippen LogP contribution >= 0.6 is 0 Å². The average Bonchev–Trinajstić information content (AvgIpc) is 3.09. The molecular formula is C32H27+. The van der Waals surface area contributed by atoms with Gasteiger partial charge in [0, 0.05) is 23.6 Å². The van der Waals surface area contributed by atoms with Gasteiger partial charge < -0.3 is 0 Å². The SMILES string of the molecule is C1=Cc2ccccc[c+]2/C1=C/CCC(c1ccccc1)(c1ccccc1)c1ccccc1. The molecule has 0 saturated carbocycles. The first-order chi connectivity index (χ1) is 15.9. The summed E-state index contributed by atoms with van der Waals surface area (Å²) in [6, 6.07) is 43.6. The number of fused-ring (bicyclic) bond motifs is 1. The van der Waals surface area contributed by atoms with Gasteiger partial charge in [0.15, 0.2) is 0 Å². The van der Waals surface area contributed by atoms with E-state index in [0.29, 0.717) is 0 Å². The lowest BCUT2D eigenvalue weighted by atomic mass is 9.66. The standard InChI is InChI=1S/C32H27/c1-5-14-26-23-24-27(31(26)22-12-1)15-13-25-32(28-16-6-2-7-17-28,29-18-8-3-9-19-29)30-20-10-4-11-21-30/h1-12,14-24H,13,25H2/q+1/b27-15+. The van der Waals surface area contributed by atoms with Crippen molar-refractivity contribution < 1.29 is 0 Å². The number of rotatable bonds is 6. The van der Waals surface area contributed by atoms with Crippen molar-refractivity contribution in [1.29, 1.82) is 0 Å². The van der Waals surface area contributed by atoms with Gasteiger partial charge in [-0.15, -0.1) is 0 Å². The van der Waals surface area contributed by atoms with Crippen LogP contribution < -0.4 is 0 Å². The van der Waals surface area contributed by atoms with Crippen LogP contribution in [0.25, 0.3) is 11.6 Å². The van der Waals surface area contributed by atoms with E-state index in [0.717, 1.165) is 12.8 Å². The minimum absolute atomic E-state index is 0.201. The Labute approximate surface area is 191 Å². The zero-order valence-corrected chi connectivity index (χ0v) is 18.2. The second-order valence-electron chi connectivity index (χ2n) is 8.31. The topological polar surface area (TPSA) is 0 Å². The van der Waals surface area contributed by atoms with E-state index in [2.05, 4.69) is 140 Å². The fraction of sp³-hybridized carbons (Fsp3) is 0.0938. The summed E-state index contributed by atoms with van der Waals surface area (Å²) in [7, 11) is 0. The highest BCUT2D eigenvalue weighted by Crippen LogP contribution is 2.43. The number of hydrogen-bond donors (Lipinski definition) is 0. The normalized spacial score (nSPS) is 13.8. The maximum atomic E-state index is 2.41. The Morgan fingerprint density at radius 1 is 0.562 bits per heavy atom. The highest BCUT2D eigenvalue weighted by molar-refractivity contribution is 5.89. The third-order valence-corrected chi connectivity index (χ3v) is 6.51. The molecule has 0 nitrogen and oxygen atoms in total. The summed E-state index contributed by atoms with van der Waals surface area (Å²) in [6.45, 7) is 0. The number of benzene rings is 3. The van der Waals surface area contributed by atoms with Crippen molar-refractivity contribution in [3.63, 3.8) is 0 Å². The summed E-state index contributed by atoms with van der Waals surface area (Å²) < 4.78 is 0. The summed E-state index contributed by atoms with van der Waals surface area (Å²) >= 11 is 0. The van der Waals surface area contributed by atoms with Crippen LogP contribution in [0.5, 0.6) is 0 Å². The predicted molar refractivity (Wildman–Crippen MR) is 136 cm³/mol. The molecule has 0 fully saturated rings. The van der Waals surface area contributed by atoms with E-state index in [9.17, 15) is 0 Å². The molecule has 0 N–H and O–H groups in total. The molecule has 0 radical (unpaired) electrons. The summed E-state index contributed by atoms with van der Waals surface area (Å²) in [5.74, 6) is 0. The molecule has 5 rings (SSSR count). The third-order valence-electron chi connectivity index (χ3n) is 6.51. The van der Waals surface area contributed by atoms with Crippen LogP contribution in [0.4, 0.5) is 0 Å². The smallest absolute Gasteiger partial charge is 0.0622 e. The van der Waals surface area contributed by atoms with Gasteiger partial charge in [-0.25, -0.2) is 0 Å². The largest absolute Gasteiger partial charge is 0.0709 e. The first kappa shape index (κ1) is 20.2. The van der Waals surface area contributed by atoms with E-state index in [4.69, 9.17) is 0 Å². The van der Waals surface area contributed by atoms with E-state index < -0.39 is 0 Å². The van der Waals surface area contributed by atoms with Crippen molar-refractivity contribution in [2.24, 2.45) is 0 Å². The van der Waals surface area contributed by atoms with E-state index in [1.807, 2.05) is 0 Å². The lowest BCUT2D eigenvalue weighted by Gasteiger charge is -2.36.